The third-order valence-electron chi connectivity index (χ3n) is 0.660. The van der Waals surface area contributed by atoms with Crippen molar-refractivity contribution < 1.29 is 17.6 Å². The fourth-order valence-corrected chi connectivity index (χ4v) is 1.25. The lowest BCUT2D eigenvalue weighted by Crippen LogP contribution is -2.21. The van der Waals surface area contributed by atoms with Gasteiger partial charge in [-0.2, -0.15) is 25.8 Å². The van der Waals surface area contributed by atoms with Crippen LogP contribution in [0.25, 0.3) is 0 Å². The SMILES string of the molecule is FC(Cl)CSC(S)C(F)(F)F. The van der Waals surface area contributed by atoms with Crippen molar-refractivity contribution in [3.05, 3.63) is 0 Å². The van der Waals surface area contributed by atoms with Crippen LogP contribution in [-0.4, -0.2) is 22.1 Å². The molecule has 0 aliphatic carbocycles. The van der Waals surface area contributed by atoms with Gasteiger partial charge in [-0.15, -0.1) is 11.8 Å². The molecule has 0 aliphatic rings. The van der Waals surface area contributed by atoms with E-state index >= 15 is 0 Å². The normalized spacial score (nSPS) is 18.0. The molecule has 0 radical (unpaired) electrons. The first kappa shape index (κ1) is 11.7. The number of rotatable bonds is 3. The van der Waals surface area contributed by atoms with Crippen molar-refractivity contribution in [3.8, 4) is 0 Å². The van der Waals surface area contributed by atoms with Crippen LogP contribution in [0.4, 0.5) is 17.6 Å². The molecule has 0 saturated heterocycles. The Bertz CT molecular complexity index is 115. The molecule has 11 heavy (non-hydrogen) atoms. The molecule has 0 aromatic rings. The van der Waals surface area contributed by atoms with Crippen molar-refractivity contribution in [3.63, 3.8) is 0 Å². The molecule has 0 heterocycles. The van der Waals surface area contributed by atoms with Gasteiger partial charge in [0.2, 0.25) is 0 Å². The molecular formula is C4H5ClF4S2. The van der Waals surface area contributed by atoms with E-state index in [1.165, 1.54) is 0 Å². The first-order valence-electron chi connectivity index (χ1n) is 2.48. The summed E-state index contributed by atoms with van der Waals surface area (Å²) < 4.78 is 44.8. The predicted molar refractivity (Wildman–Crippen MR) is 42.0 cm³/mol. The zero-order valence-electron chi connectivity index (χ0n) is 5.11. The summed E-state index contributed by atoms with van der Waals surface area (Å²) in [6.45, 7) is 0. The summed E-state index contributed by atoms with van der Waals surface area (Å²) in [6, 6.07) is 0. The summed E-state index contributed by atoms with van der Waals surface area (Å²) in [7, 11) is 0. The van der Waals surface area contributed by atoms with Crippen LogP contribution in [0.3, 0.4) is 0 Å². The van der Waals surface area contributed by atoms with Crippen LogP contribution in [0.1, 0.15) is 0 Å². The van der Waals surface area contributed by atoms with Crippen LogP contribution in [0.5, 0.6) is 0 Å². The fourth-order valence-electron chi connectivity index (χ4n) is 0.258. The lowest BCUT2D eigenvalue weighted by atomic mass is 10.8. The molecule has 0 saturated carbocycles. The molecule has 0 aromatic carbocycles. The molecule has 2 atom stereocenters. The Morgan fingerprint density at radius 1 is 1.45 bits per heavy atom. The van der Waals surface area contributed by atoms with E-state index in [-0.39, 0.29) is 0 Å². The van der Waals surface area contributed by atoms with Gasteiger partial charge in [-0.05, 0) is 0 Å². The number of hydrogen-bond acceptors (Lipinski definition) is 2. The van der Waals surface area contributed by atoms with Crippen LogP contribution < -0.4 is 0 Å². The first-order chi connectivity index (χ1) is 4.84. The van der Waals surface area contributed by atoms with Gasteiger partial charge in [0.25, 0.3) is 0 Å². The lowest BCUT2D eigenvalue weighted by Gasteiger charge is -2.13. The van der Waals surface area contributed by atoms with Crippen molar-refractivity contribution in [1.29, 1.82) is 0 Å². The zero-order chi connectivity index (χ0) is 9.07. The molecule has 0 aliphatic heterocycles. The van der Waals surface area contributed by atoms with Crippen LogP contribution in [0.15, 0.2) is 0 Å². The molecule has 0 amide bonds. The van der Waals surface area contributed by atoms with Crippen molar-refractivity contribution in [2.45, 2.75) is 16.4 Å². The number of thiol groups is 1. The molecule has 0 rings (SSSR count). The monoisotopic (exact) mass is 228 g/mol. The van der Waals surface area contributed by atoms with Crippen molar-refractivity contribution in [1.82, 2.24) is 0 Å². The van der Waals surface area contributed by atoms with E-state index in [4.69, 9.17) is 11.6 Å². The third-order valence-corrected chi connectivity index (χ3v) is 2.81. The van der Waals surface area contributed by atoms with Gasteiger partial charge < -0.3 is 0 Å². The van der Waals surface area contributed by atoms with Crippen LogP contribution in [0.2, 0.25) is 0 Å². The molecule has 0 nitrogen and oxygen atoms in total. The molecule has 0 spiro atoms. The Hall–Kier alpha value is 0.710. The second kappa shape index (κ2) is 4.67. The molecule has 68 valence electrons. The standard InChI is InChI=1S/C4H5ClF4S2/c5-2(6)1-11-3(10)4(7,8)9/h2-3,10H,1H2. The zero-order valence-corrected chi connectivity index (χ0v) is 7.57. The quantitative estimate of drug-likeness (QED) is 0.335. The molecule has 7 heteroatoms. The van der Waals surface area contributed by atoms with Crippen molar-refractivity contribution >= 4 is 36.0 Å². The highest BCUT2D eigenvalue weighted by atomic mass is 35.5. The summed E-state index contributed by atoms with van der Waals surface area (Å²) >= 11 is 8.30. The molecule has 2 unspecified atom stereocenters. The Labute approximate surface area is 76.1 Å². The van der Waals surface area contributed by atoms with Crippen LogP contribution >= 0.6 is 36.0 Å². The van der Waals surface area contributed by atoms with Crippen LogP contribution in [-0.2, 0) is 0 Å². The van der Waals surface area contributed by atoms with E-state index in [9.17, 15) is 17.6 Å². The van der Waals surface area contributed by atoms with Gasteiger partial charge in [-0.25, -0.2) is 4.39 Å². The number of alkyl halides is 5. The smallest absolute Gasteiger partial charge is 0.229 e. The van der Waals surface area contributed by atoms with Crippen LogP contribution in [0, 0.1) is 0 Å². The maximum absolute atomic E-state index is 11.8. The minimum atomic E-state index is -4.40. The second-order valence-corrected chi connectivity index (χ2v) is 4.10. The second-order valence-electron chi connectivity index (χ2n) is 1.62. The van der Waals surface area contributed by atoms with Gasteiger partial charge >= 0.3 is 6.18 Å². The first-order valence-corrected chi connectivity index (χ1v) is 4.48. The molecule has 0 fully saturated rings. The summed E-state index contributed by atoms with van der Waals surface area (Å²) in [5.74, 6) is -0.408. The number of halogens is 5. The third kappa shape index (κ3) is 5.93. The van der Waals surface area contributed by atoms with Crippen molar-refractivity contribution in [2.24, 2.45) is 0 Å². The topological polar surface area (TPSA) is 0 Å². The number of thioether (sulfide) groups is 1. The fraction of sp³-hybridized carbons (Fsp3) is 1.00. The lowest BCUT2D eigenvalue weighted by molar-refractivity contribution is -0.112. The van der Waals surface area contributed by atoms with E-state index < -0.39 is 22.1 Å². The highest BCUT2D eigenvalue weighted by Gasteiger charge is 2.37. The number of hydrogen-bond donors (Lipinski definition) is 1. The highest BCUT2D eigenvalue weighted by Crippen LogP contribution is 2.33. The minimum absolute atomic E-state index is 0.324. The van der Waals surface area contributed by atoms with Gasteiger partial charge in [0.1, 0.15) is 4.58 Å². The van der Waals surface area contributed by atoms with E-state index in [2.05, 4.69) is 12.6 Å². The predicted octanol–water partition coefficient (Wildman–Crippen LogP) is 3.07. The maximum atomic E-state index is 11.8. The van der Waals surface area contributed by atoms with Crippen molar-refractivity contribution in [2.75, 3.05) is 5.75 Å². The average molecular weight is 229 g/mol. The van der Waals surface area contributed by atoms with Gasteiger partial charge in [-0.1, -0.05) is 11.6 Å². The average Bonchev–Trinajstić information content (AvgIpc) is 1.80. The van der Waals surface area contributed by atoms with E-state index in [1.54, 1.807) is 0 Å². The summed E-state index contributed by atoms with van der Waals surface area (Å²) in [4.78, 5) is 0. The Morgan fingerprint density at radius 3 is 2.18 bits per heavy atom. The summed E-state index contributed by atoms with van der Waals surface area (Å²) in [6.07, 6.45) is -4.40. The highest BCUT2D eigenvalue weighted by molar-refractivity contribution is 8.10. The molecule has 0 N–H and O–H groups in total. The Kier molecular flexibility index (Phi) is 4.97. The van der Waals surface area contributed by atoms with Gasteiger partial charge in [0.15, 0.2) is 5.63 Å². The molecular weight excluding hydrogens is 224 g/mol. The Balaban J connectivity index is 3.61. The largest absolute Gasteiger partial charge is 0.409 e. The van der Waals surface area contributed by atoms with E-state index in [1.807, 2.05) is 0 Å². The molecule has 0 bridgehead atoms. The summed E-state index contributed by atoms with van der Waals surface area (Å²) in [5.41, 5.74) is -1.75. The van der Waals surface area contributed by atoms with E-state index in [0.29, 0.717) is 11.8 Å². The minimum Gasteiger partial charge on any atom is -0.229 e. The molecule has 0 aromatic heterocycles. The van der Waals surface area contributed by atoms with Gasteiger partial charge in [0, 0.05) is 5.75 Å². The summed E-state index contributed by atoms with van der Waals surface area (Å²) in [5, 5.41) is 0. The maximum Gasteiger partial charge on any atom is 0.409 e. The van der Waals surface area contributed by atoms with Gasteiger partial charge in [-0.3, -0.25) is 0 Å². The van der Waals surface area contributed by atoms with E-state index in [0.717, 1.165) is 0 Å². The van der Waals surface area contributed by atoms with Gasteiger partial charge in [0.05, 0.1) is 0 Å². The Morgan fingerprint density at radius 2 is 1.91 bits per heavy atom.